The Morgan fingerprint density at radius 3 is 1.85 bits per heavy atom. The van der Waals surface area contributed by atoms with Crippen molar-refractivity contribution in [3.8, 4) is 5.75 Å². The second-order valence-corrected chi connectivity index (χ2v) is 7.95. The molecule has 0 saturated carbocycles. The molecule has 0 saturated heterocycles. The monoisotopic (exact) mass is 391 g/mol. The third kappa shape index (κ3) is 10.0. The molecule has 0 bridgehead atoms. The molecule has 0 spiro atoms. The van der Waals surface area contributed by atoms with E-state index >= 15 is 0 Å². The Morgan fingerprint density at radius 1 is 1.04 bits per heavy atom. The second-order valence-electron chi connectivity index (χ2n) is 7.51. The van der Waals surface area contributed by atoms with Gasteiger partial charge >= 0.3 is 0 Å². The number of benzene rings is 2. The van der Waals surface area contributed by atoms with Crippen molar-refractivity contribution in [1.29, 1.82) is 0 Å². The van der Waals surface area contributed by atoms with Crippen molar-refractivity contribution in [2.45, 2.75) is 54.6 Å². The van der Waals surface area contributed by atoms with Crippen LogP contribution in [-0.4, -0.2) is 13.8 Å². The summed E-state index contributed by atoms with van der Waals surface area (Å²) in [5.41, 5.74) is 5.19. The zero-order valence-corrected chi connectivity index (χ0v) is 18.5. The molecule has 1 N–H and O–H groups in total. The number of hydrogen-bond acceptors (Lipinski definition) is 3. The van der Waals surface area contributed by atoms with Crippen LogP contribution in [0.4, 0.5) is 5.69 Å². The lowest BCUT2D eigenvalue weighted by Crippen LogP contribution is -2.00. The molecule has 2 rings (SSSR count). The van der Waals surface area contributed by atoms with Crippen LogP contribution in [0.1, 0.15) is 50.8 Å². The lowest BCUT2D eigenvalue weighted by Gasteiger charge is -2.13. The van der Waals surface area contributed by atoms with Gasteiger partial charge in [-0.05, 0) is 60.2 Å². The van der Waals surface area contributed by atoms with E-state index in [1.807, 2.05) is 38.1 Å². The van der Waals surface area contributed by atoms with Crippen LogP contribution in [-0.2, 0) is 11.4 Å². The molecule has 3 nitrogen and oxygen atoms in total. The maximum Gasteiger partial charge on any atom is 0.120 e. The number of carbonyl (C=O) groups is 1. The van der Waals surface area contributed by atoms with Gasteiger partial charge in [-0.1, -0.05) is 57.8 Å². The van der Waals surface area contributed by atoms with E-state index in [0.29, 0.717) is 12.0 Å². The largest absolute Gasteiger partial charge is 0.489 e. The Bertz CT molecular complexity index is 653. The molecule has 0 aromatic heterocycles. The van der Waals surface area contributed by atoms with Crippen LogP contribution < -0.4 is 10.1 Å². The highest BCUT2D eigenvalue weighted by molar-refractivity contribution is 6.30. The van der Waals surface area contributed by atoms with Gasteiger partial charge in [-0.15, -0.1) is 0 Å². The molecule has 0 aliphatic heterocycles. The summed E-state index contributed by atoms with van der Waals surface area (Å²) in [5, 5.41) is 3.94. The predicted molar refractivity (Wildman–Crippen MR) is 118 cm³/mol. The van der Waals surface area contributed by atoms with E-state index in [9.17, 15) is 0 Å². The molecule has 0 amide bonds. The van der Waals surface area contributed by atoms with E-state index in [1.54, 1.807) is 0 Å². The van der Waals surface area contributed by atoms with Crippen molar-refractivity contribution in [3.63, 3.8) is 0 Å². The van der Waals surface area contributed by atoms with Crippen molar-refractivity contribution >= 4 is 24.1 Å². The number of anilines is 1. The highest BCUT2D eigenvalue weighted by Crippen LogP contribution is 2.26. The highest BCUT2D eigenvalue weighted by atomic mass is 35.5. The van der Waals surface area contributed by atoms with Crippen LogP contribution in [0, 0.1) is 19.3 Å². The molecule has 0 fully saturated rings. The highest BCUT2D eigenvalue weighted by Gasteiger charge is 2.05. The molecule has 4 heteroatoms. The SMILES string of the molecule is C=O.CCC(C)(C)C.CNc1c(C)cc(OCc2ccc(Cl)cc2)cc1C. The minimum atomic E-state index is 0.542. The van der Waals surface area contributed by atoms with Gasteiger partial charge in [0.1, 0.15) is 19.1 Å². The first-order valence-electron chi connectivity index (χ1n) is 9.11. The van der Waals surface area contributed by atoms with E-state index in [-0.39, 0.29) is 0 Å². The standard InChI is InChI=1S/C16H18ClNO.C6H14.CH2O/c1-11-8-15(9-12(2)16(11)18-3)19-10-13-4-6-14(17)7-5-13;1-5-6(2,3)4;1-2/h4-9,18H,10H2,1-3H3;5H2,1-4H3;1H2. The van der Waals surface area contributed by atoms with Gasteiger partial charge in [-0.25, -0.2) is 0 Å². The normalized spacial score (nSPS) is 10.1. The average molecular weight is 392 g/mol. The zero-order chi connectivity index (χ0) is 21.0. The van der Waals surface area contributed by atoms with Crippen molar-refractivity contribution in [1.82, 2.24) is 0 Å². The molecule has 0 aliphatic rings. The van der Waals surface area contributed by atoms with Gasteiger partial charge in [0.2, 0.25) is 0 Å². The van der Waals surface area contributed by atoms with E-state index < -0.39 is 0 Å². The topological polar surface area (TPSA) is 38.3 Å². The van der Waals surface area contributed by atoms with Crippen LogP contribution in [0.25, 0.3) is 0 Å². The summed E-state index contributed by atoms with van der Waals surface area (Å²) in [5.74, 6) is 0.893. The van der Waals surface area contributed by atoms with E-state index in [2.05, 4.69) is 59.0 Å². The van der Waals surface area contributed by atoms with Crippen LogP contribution in [0.3, 0.4) is 0 Å². The number of ether oxygens (including phenoxy) is 1. The van der Waals surface area contributed by atoms with E-state index in [0.717, 1.165) is 16.3 Å². The van der Waals surface area contributed by atoms with Gasteiger partial charge in [0.05, 0.1) is 0 Å². The summed E-state index contributed by atoms with van der Waals surface area (Å²) in [6.07, 6.45) is 1.27. The molecular formula is C23H34ClNO2. The van der Waals surface area contributed by atoms with Crippen molar-refractivity contribution < 1.29 is 9.53 Å². The van der Waals surface area contributed by atoms with Gasteiger partial charge < -0.3 is 14.8 Å². The molecule has 0 unspecified atom stereocenters. The third-order valence-electron chi connectivity index (χ3n) is 4.14. The number of aryl methyl sites for hydroxylation is 2. The van der Waals surface area contributed by atoms with Gasteiger partial charge in [-0.3, -0.25) is 0 Å². The summed E-state index contributed by atoms with van der Waals surface area (Å²) >= 11 is 5.86. The molecule has 0 radical (unpaired) electrons. The van der Waals surface area contributed by atoms with E-state index in [4.69, 9.17) is 21.1 Å². The lowest BCUT2D eigenvalue weighted by atomic mass is 9.94. The maximum atomic E-state index is 8.00. The number of hydrogen-bond donors (Lipinski definition) is 1. The smallest absolute Gasteiger partial charge is 0.120 e. The second kappa shape index (κ2) is 12.4. The number of halogens is 1. The quantitative estimate of drug-likeness (QED) is 0.620. The van der Waals surface area contributed by atoms with Crippen LogP contribution in [0.15, 0.2) is 36.4 Å². The predicted octanol–water partition coefficient (Wildman–Crippen LogP) is 6.84. The van der Waals surface area contributed by atoms with Gasteiger partial charge in [-0.2, -0.15) is 0 Å². The fourth-order valence-corrected chi connectivity index (χ4v) is 2.27. The summed E-state index contributed by atoms with van der Waals surface area (Å²) in [6, 6.07) is 11.8. The van der Waals surface area contributed by atoms with Crippen molar-refractivity contribution in [3.05, 3.63) is 58.1 Å². The molecular weight excluding hydrogens is 358 g/mol. The van der Waals surface area contributed by atoms with Gasteiger partial charge in [0, 0.05) is 17.8 Å². The average Bonchev–Trinajstić information content (AvgIpc) is 2.63. The summed E-state index contributed by atoms with van der Waals surface area (Å²) in [4.78, 5) is 8.00. The first kappa shape index (κ1) is 25.0. The minimum absolute atomic E-state index is 0.542. The molecule has 0 atom stereocenters. The van der Waals surface area contributed by atoms with E-state index in [1.165, 1.54) is 23.2 Å². The van der Waals surface area contributed by atoms with Crippen LogP contribution >= 0.6 is 11.6 Å². The molecule has 0 aliphatic carbocycles. The maximum absolute atomic E-state index is 8.00. The molecule has 0 heterocycles. The van der Waals surface area contributed by atoms with Crippen LogP contribution in [0.2, 0.25) is 5.02 Å². The Morgan fingerprint density at radius 2 is 1.48 bits per heavy atom. The fourth-order valence-electron chi connectivity index (χ4n) is 2.15. The number of nitrogens with one attached hydrogen (secondary N) is 1. The summed E-state index contributed by atoms with van der Waals surface area (Å²) in [7, 11) is 1.93. The molecule has 27 heavy (non-hydrogen) atoms. The van der Waals surface area contributed by atoms with Gasteiger partial charge in [0.15, 0.2) is 0 Å². The Hall–Kier alpha value is -2.00. The van der Waals surface area contributed by atoms with Gasteiger partial charge in [0.25, 0.3) is 0 Å². The molecule has 2 aromatic carbocycles. The third-order valence-corrected chi connectivity index (χ3v) is 4.39. The Labute approximate surface area is 170 Å². The number of rotatable bonds is 4. The number of carbonyl (C=O) groups excluding carboxylic acids is 1. The Kier molecular flexibility index (Phi) is 11.5. The Balaban J connectivity index is 0.000000722. The minimum Gasteiger partial charge on any atom is -0.489 e. The molecule has 150 valence electrons. The first-order chi connectivity index (χ1) is 12.7. The summed E-state index contributed by atoms with van der Waals surface area (Å²) in [6.45, 7) is 15.6. The molecule has 2 aromatic rings. The van der Waals surface area contributed by atoms with Crippen molar-refractivity contribution in [2.24, 2.45) is 5.41 Å². The summed E-state index contributed by atoms with van der Waals surface area (Å²) < 4.78 is 5.82. The van der Waals surface area contributed by atoms with Crippen molar-refractivity contribution in [2.75, 3.05) is 12.4 Å². The van der Waals surface area contributed by atoms with Crippen LogP contribution in [0.5, 0.6) is 5.75 Å². The zero-order valence-electron chi connectivity index (χ0n) is 17.8. The first-order valence-corrected chi connectivity index (χ1v) is 9.49. The fraction of sp³-hybridized carbons (Fsp3) is 0.435. The lowest BCUT2D eigenvalue weighted by molar-refractivity contribution is -0.0979.